The van der Waals surface area contributed by atoms with Gasteiger partial charge in [0.2, 0.25) is 0 Å². The van der Waals surface area contributed by atoms with E-state index in [-0.39, 0.29) is 0 Å². The van der Waals surface area contributed by atoms with Crippen LogP contribution in [0.2, 0.25) is 0 Å². The Morgan fingerprint density at radius 2 is 1.43 bits per heavy atom. The van der Waals surface area contributed by atoms with Crippen molar-refractivity contribution >= 4 is 0 Å². The Bertz CT molecular complexity index is 455. The summed E-state index contributed by atoms with van der Waals surface area (Å²) in [5.41, 5.74) is 5.70. The van der Waals surface area contributed by atoms with Crippen LogP contribution >= 0.6 is 0 Å². The third-order valence-electron chi connectivity index (χ3n) is 5.47. The van der Waals surface area contributed by atoms with Crippen molar-refractivity contribution in [1.29, 1.82) is 0 Å². The second-order valence-corrected chi connectivity index (χ2v) is 7.22. The van der Waals surface area contributed by atoms with Gasteiger partial charge in [-0.2, -0.15) is 0 Å². The number of hydrogen-bond donors (Lipinski definition) is 1. The Hall–Kier alpha value is -0.820. The zero-order chi connectivity index (χ0) is 15.4. The highest BCUT2D eigenvalue weighted by atomic mass is 14.9. The van der Waals surface area contributed by atoms with Crippen LogP contribution in [0.25, 0.3) is 0 Å². The van der Waals surface area contributed by atoms with Gasteiger partial charge in [0, 0.05) is 12.1 Å². The predicted molar refractivity (Wildman–Crippen MR) is 92.9 cm³/mol. The number of hydrogen-bond acceptors (Lipinski definition) is 1. The van der Waals surface area contributed by atoms with E-state index < -0.39 is 0 Å². The van der Waals surface area contributed by atoms with Crippen molar-refractivity contribution in [2.75, 3.05) is 0 Å². The minimum absolute atomic E-state index is 0.447. The molecule has 1 unspecified atom stereocenters. The van der Waals surface area contributed by atoms with E-state index in [0.717, 1.165) is 5.92 Å². The molecule has 21 heavy (non-hydrogen) atoms. The molecule has 1 aliphatic carbocycles. The average molecular weight is 287 g/mol. The van der Waals surface area contributed by atoms with Gasteiger partial charge in [0.05, 0.1) is 0 Å². The molecule has 1 aromatic carbocycles. The summed E-state index contributed by atoms with van der Waals surface area (Å²) in [5.74, 6) is 0.863. The van der Waals surface area contributed by atoms with Gasteiger partial charge in [0.25, 0.3) is 0 Å². The summed E-state index contributed by atoms with van der Waals surface area (Å²) in [6, 6.07) is 5.78. The summed E-state index contributed by atoms with van der Waals surface area (Å²) in [5, 5.41) is 3.88. The Morgan fingerprint density at radius 3 is 2.05 bits per heavy atom. The fourth-order valence-electron chi connectivity index (χ4n) is 3.88. The smallest absolute Gasteiger partial charge is 0.0297 e. The van der Waals surface area contributed by atoms with Gasteiger partial charge in [-0.1, -0.05) is 37.8 Å². The van der Waals surface area contributed by atoms with Crippen molar-refractivity contribution in [2.24, 2.45) is 5.92 Å². The standard InChI is InChI=1S/C20H33N/c1-14-12-16(3)20(13-15(14)2)18(5)21-17(4)19-10-8-6-7-9-11-19/h12-13,17-19,21H,6-11H2,1-5H3/t17-,18?/m0/s1. The average Bonchev–Trinajstić information content (AvgIpc) is 2.71. The summed E-state index contributed by atoms with van der Waals surface area (Å²) in [7, 11) is 0. The number of benzene rings is 1. The van der Waals surface area contributed by atoms with Crippen molar-refractivity contribution in [3.8, 4) is 0 Å². The monoisotopic (exact) mass is 287 g/mol. The zero-order valence-corrected chi connectivity index (χ0v) is 14.6. The molecule has 0 saturated heterocycles. The van der Waals surface area contributed by atoms with Crippen molar-refractivity contribution < 1.29 is 0 Å². The van der Waals surface area contributed by atoms with E-state index in [1.165, 1.54) is 60.8 Å². The SMILES string of the molecule is Cc1cc(C)c(C(C)N[C@@H](C)C2CCCCCC2)cc1C. The Labute approximate surface area is 131 Å². The maximum absolute atomic E-state index is 3.88. The minimum atomic E-state index is 0.447. The van der Waals surface area contributed by atoms with Crippen LogP contribution in [0.1, 0.15) is 80.7 Å². The van der Waals surface area contributed by atoms with Crippen LogP contribution in [0.5, 0.6) is 0 Å². The van der Waals surface area contributed by atoms with Gasteiger partial charge < -0.3 is 5.32 Å². The largest absolute Gasteiger partial charge is 0.307 e. The van der Waals surface area contributed by atoms with Crippen molar-refractivity contribution in [3.63, 3.8) is 0 Å². The van der Waals surface area contributed by atoms with Crippen molar-refractivity contribution in [3.05, 3.63) is 34.4 Å². The topological polar surface area (TPSA) is 12.0 Å². The zero-order valence-electron chi connectivity index (χ0n) is 14.6. The van der Waals surface area contributed by atoms with Crippen LogP contribution in [-0.4, -0.2) is 6.04 Å². The van der Waals surface area contributed by atoms with E-state index in [1.54, 1.807) is 0 Å². The Morgan fingerprint density at radius 1 is 0.857 bits per heavy atom. The normalized spacial score (nSPS) is 20.0. The van der Waals surface area contributed by atoms with Crippen LogP contribution in [0, 0.1) is 26.7 Å². The molecule has 1 nitrogen and oxygen atoms in total. The second-order valence-electron chi connectivity index (χ2n) is 7.22. The van der Waals surface area contributed by atoms with Gasteiger partial charge in [-0.25, -0.2) is 0 Å². The highest BCUT2D eigenvalue weighted by Gasteiger charge is 2.21. The van der Waals surface area contributed by atoms with Gasteiger partial charge in [-0.3, -0.25) is 0 Å². The molecule has 1 aromatic rings. The highest BCUT2D eigenvalue weighted by Crippen LogP contribution is 2.28. The van der Waals surface area contributed by atoms with E-state index in [2.05, 4.69) is 52.1 Å². The molecule has 1 N–H and O–H groups in total. The lowest BCUT2D eigenvalue weighted by molar-refractivity contribution is 0.316. The molecule has 1 heteroatoms. The molecule has 1 saturated carbocycles. The van der Waals surface area contributed by atoms with Crippen LogP contribution in [0.15, 0.2) is 12.1 Å². The first-order valence-electron chi connectivity index (χ1n) is 8.83. The Balaban J connectivity index is 2.03. The van der Waals surface area contributed by atoms with Crippen molar-refractivity contribution in [2.45, 2.75) is 85.2 Å². The molecule has 0 heterocycles. The molecule has 0 radical (unpaired) electrons. The second kappa shape index (κ2) is 7.45. The van der Waals surface area contributed by atoms with Gasteiger partial charge in [0.1, 0.15) is 0 Å². The predicted octanol–water partition coefficient (Wildman–Crippen LogP) is 5.62. The van der Waals surface area contributed by atoms with E-state index >= 15 is 0 Å². The van der Waals surface area contributed by atoms with Gasteiger partial charge >= 0.3 is 0 Å². The van der Waals surface area contributed by atoms with E-state index in [9.17, 15) is 0 Å². The van der Waals surface area contributed by atoms with E-state index in [4.69, 9.17) is 0 Å². The molecule has 0 aliphatic heterocycles. The first-order valence-corrected chi connectivity index (χ1v) is 8.83. The van der Waals surface area contributed by atoms with Crippen LogP contribution in [0.4, 0.5) is 0 Å². The van der Waals surface area contributed by atoms with Crippen LogP contribution in [0.3, 0.4) is 0 Å². The molecule has 1 fully saturated rings. The molecule has 0 bridgehead atoms. The maximum atomic E-state index is 3.88. The Kier molecular flexibility index (Phi) is 5.87. The third kappa shape index (κ3) is 4.32. The molecule has 2 atom stereocenters. The lowest BCUT2D eigenvalue weighted by Crippen LogP contribution is -2.35. The first-order chi connectivity index (χ1) is 9.99. The molecule has 118 valence electrons. The van der Waals surface area contributed by atoms with Crippen LogP contribution < -0.4 is 5.32 Å². The minimum Gasteiger partial charge on any atom is -0.307 e. The van der Waals surface area contributed by atoms with Gasteiger partial charge in [-0.15, -0.1) is 0 Å². The third-order valence-corrected chi connectivity index (χ3v) is 5.47. The molecule has 0 amide bonds. The molecule has 0 aromatic heterocycles. The molecular formula is C20H33N. The van der Waals surface area contributed by atoms with E-state index in [1.807, 2.05) is 0 Å². The lowest BCUT2D eigenvalue weighted by Gasteiger charge is -2.28. The summed E-state index contributed by atoms with van der Waals surface area (Å²) < 4.78 is 0. The quantitative estimate of drug-likeness (QED) is 0.708. The van der Waals surface area contributed by atoms with Gasteiger partial charge in [0.15, 0.2) is 0 Å². The van der Waals surface area contributed by atoms with Gasteiger partial charge in [-0.05, 0) is 75.6 Å². The van der Waals surface area contributed by atoms with Crippen molar-refractivity contribution in [1.82, 2.24) is 5.32 Å². The summed E-state index contributed by atoms with van der Waals surface area (Å²) in [6.07, 6.45) is 8.55. The van der Waals surface area contributed by atoms with Crippen LogP contribution in [-0.2, 0) is 0 Å². The molecule has 1 aliphatic rings. The summed E-state index contributed by atoms with van der Waals surface area (Å²) >= 11 is 0. The lowest BCUT2D eigenvalue weighted by atomic mass is 9.91. The summed E-state index contributed by atoms with van der Waals surface area (Å²) in [6.45, 7) is 11.4. The molecular weight excluding hydrogens is 254 g/mol. The molecule has 2 rings (SSSR count). The highest BCUT2D eigenvalue weighted by molar-refractivity contribution is 5.38. The fourth-order valence-corrected chi connectivity index (χ4v) is 3.88. The summed E-state index contributed by atoms with van der Waals surface area (Å²) in [4.78, 5) is 0. The van der Waals surface area contributed by atoms with E-state index in [0.29, 0.717) is 12.1 Å². The number of aryl methyl sites for hydroxylation is 3. The maximum Gasteiger partial charge on any atom is 0.0297 e. The molecule has 0 spiro atoms. The number of nitrogens with one attached hydrogen (secondary N) is 1. The fraction of sp³-hybridized carbons (Fsp3) is 0.700. The number of rotatable bonds is 4. The first kappa shape index (κ1) is 16.5.